The van der Waals surface area contributed by atoms with E-state index in [-0.39, 0.29) is 0 Å². The van der Waals surface area contributed by atoms with Crippen LogP contribution in [0.25, 0.3) is 24.3 Å². The highest BCUT2D eigenvalue weighted by atomic mass is 16.5. The molecule has 0 aliphatic carbocycles. The minimum atomic E-state index is 0.684. The number of benzene rings is 3. The van der Waals surface area contributed by atoms with Gasteiger partial charge in [-0.1, -0.05) is 76.0 Å². The average Bonchev–Trinajstić information content (AvgIpc) is 3.03. The van der Waals surface area contributed by atoms with Gasteiger partial charge in [-0.05, 0) is 60.4 Å². The molecular formula is C36H46O6. The Balaban J connectivity index is 1.78. The molecule has 0 atom stereocenters. The normalized spacial score (nSPS) is 11.2. The summed E-state index contributed by atoms with van der Waals surface area (Å²) in [6.07, 6.45) is 14.8. The van der Waals surface area contributed by atoms with Crippen LogP contribution in [0.15, 0.2) is 48.5 Å². The Bertz CT molecular complexity index is 1210. The van der Waals surface area contributed by atoms with Crippen molar-refractivity contribution in [3.8, 4) is 34.5 Å². The van der Waals surface area contributed by atoms with Crippen LogP contribution < -0.4 is 28.4 Å². The van der Waals surface area contributed by atoms with Crippen LogP contribution in [0.2, 0.25) is 0 Å². The molecule has 0 bridgehead atoms. The van der Waals surface area contributed by atoms with Crippen LogP contribution >= 0.6 is 0 Å². The zero-order chi connectivity index (χ0) is 30.2. The molecule has 6 nitrogen and oxygen atoms in total. The molecule has 0 aliphatic rings. The van der Waals surface area contributed by atoms with Gasteiger partial charge in [-0.15, -0.1) is 0 Å². The quantitative estimate of drug-likeness (QED) is 0.112. The van der Waals surface area contributed by atoms with E-state index in [9.17, 15) is 0 Å². The predicted molar refractivity (Wildman–Crippen MR) is 173 cm³/mol. The molecule has 0 fully saturated rings. The smallest absolute Gasteiger partial charge is 0.161 e. The fraction of sp³-hybridized carbons (Fsp3) is 0.389. The molecule has 3 aromatic rings. The lowest BCUT2D eigenvalue weighted by molar-refractivity contribution is 0.286. The largest absolute Gasteiger partial charge is 0.496 e. The van der Waals surface area contributed by atoms with Crippen LogP contribution in [0.5, 0.6) is 34.5 Å². The number of methoxy groups -OCH3 is 4. The van der Waals surface area contributed by atoms with Crippen molar-refractivity contribution in [2.75, 3.05) is 41.7 Å². The molecule has 42 heavy (non-hydrogen) atoms. The first-order chi connectivity index (χ1) is 20.6. The van der Waals surface area contributed by atoms with Crippen molar-refractivity contribution >= 4 is 24.3 Å². The van der Waals surface area contributed by atoms with Crippen LogP contribution in [0.4, 0.5) is 0 Å². The van der Waals surface area contributed by atoms with Crippen LogP contribution in [0, 0.1) is 0 Å². The third-order valence-corrected chi connectivity index (χ3v) is 6.88. The number of ether oxygens (including phenoxy) is 6. The third kappa shape index (κ3) is 9.51. The van der Waals surface area contributed by atoms with Gasteiger partial charge < -0.3 is 28.4 Å². The second-order valence-electron chi connectivity index (χ2n) is 9.93. The number of unbranched alkanes of at least 4 members (excludes halogenated alkanes) is 4. The summed E-state index contributed by atoms with van der Waals surface area (Å²) in [6.45, 7) is 5.73. The van der Waals surface area contributed by atoms with E-state index in [1.807, 2.05) is 72.8 Å². The zero-order valence-corrected chi connectivity index (χ0v) is 26.0. The molecule has 6 heteroatoms. The van der Waals surface area contributed by atoms with Crippen LogP contribution in [-0.4, -0.2) is 41.7 Å². The Morgan fingerprint density at radius 2 is 0.857 bits per heavy atom. The fourth-order valence-electron chi connectivity index (χ4n) is 4.46. The van der Waals surface area contributed by atoms with Crippen LogP contribution in [-0.2, 0) is 0 Å². The van der Waals surface area contributed by atoms with Gasteiger partial charge in [0.1, 0.15) is 11.5 Å². The summed E-state index contributed by atoms with van der Waals surface area (Å²) >= 11 is 0. The molecule has 0 unspecified atom stereocenters. The minimum Gasteiger partial charge on any atom is -0.496 e. The lowest BCUT2D eigenvalue weighted by atomic mass is 10.0. The monoisotopic (exact) mass is 574 g/mol. The first-order valence-electron chi connectivity index (χ1n) is 14.8. The SMILES string of the molecule is CCCCCOc1ccc(/C=C/c2cc(OC)c(/C=C/c3ccc(OCCCCC)c(OC)c3)cc2OC)cc1OC. The van der Waals surface area contributed by atoms with Crippen molar-refractivity contribution in [2.24, 2.45) is 0 Å². The van der Waals surface area contributed by atoms with E-state index in [4.69, 9.17) is 28.4 Å². The first-order valence-corrected chi connectivity index (χ1v) is 14.8. The van der Waals surface area contributed by atoms with Crippen molar-refractivity contribution in [3.05, 3.63) is 70.8 Å². The van der Waals surface area contributed by atoms with Gasteiger partial charge >= 0.3 is 0 Å². The second kappa shape index (κ2) is 17.7. The average molecular weight is 575 g/mol. The molecule has 0 saturated heterocycles. The molecule has 0 saturated carbocycles. The Hall–Kier alpha value is -4.06. The Morgan fingerprint density at radius 3 is 1.21 bits per heavy atom. The molecule has 226 valence electrons. The van der Waals surface area contributed by atoms with Gasteiger partial charge in [0, 0.05) is 11.1 Å². The van der Waals surface area contributed by atoms with E-state index in [0.717, 1.165) is 83.8 Å². The van der Waals surface area contributed by atoms with Gasteiger partial charge in [-0.3, -0.25) is 0 Å². The van der Waals surface area contributed by atoms with Crippen molar-refractivity contribution in [1.29, 1.82) is 0 Å². The van der Waals surface area contributed by atoms with Crippen molar-refractivity contribution in [1.82, 2.24) is 0 Å². The molecular weight excluding hydrogens is 528 g/mol. The van der Waals surface area contributed by atoms with Crippen molar-refractivity contribution in [3.63, 3.8) is 0 Å². The van der Waals surface area contributed by atoms with E-state index in [1.54, 1.807) is 28.4 Å². The van der Waals surface area contributed by atoms with Crippen LogP contribution in [0.1, 0.15) is 74.6 Å². The molecule has 0 aromatic heterocycles. The molecule has 0 N–H and O–H groups in total. The zero-order valence-electron chi connectivity index (χ0n) is 26.0. The molecule has 0 heterocycles. The molecule has 0 aliphatic heterocycles. The van der Waals surface area contributed by atoms with E-state index < -0.39 is 0 Å². The molecule has 3 rings (SSSR count). The van der Waals surface area contributed by atoms with Gasteiger partial charge in [0.2, 0.25) is 0 Å². The summed E-state index contributed by atoms with van der Waals surface area (Å²) in [5.41, 5.74) is 3.78. The summed E-state index contributed by atoms with van der Waals surface area (Å²) in [6, 6.07) is 15.9. The van der Waals surface area contributed by atoms with Gasteiger partial charge in [0.15, 0.2) is 23.0 Å². The van der Waals surface area contributed by atoms with E-state index >= 15 is 0 Å². The van der Waals surface area contributed by atoms with Gasteiger partial charge in [-0.25, -0.2) is 0 Å². The maximum Gasteiger partial charge on any atom is 0.161 e. The fourth-order valence-corrected chi connectivity index (χ4v) is 4.46. The summed E-state index contributed by atoms with van der Waals surface area (Å²) in [5.74, 6) is 4.42. The second-order valence-corrected chi connectivity index (χ2v) is 9.93. The number of hydrogen-bond acceptors (Lipinski definition) is 6. The van der Waals surface area contributed by atoms with E-state index in [1.165, 1.54) is 0 Å². The lowest BCUT2D eigenvalue weighted by Gasteiger charge is -2.13. The third-order valence-electron chi connectivity index (χ3n) is 6.88. The highest BCUT2D eigenvalue weighted by molar-refractivity contribution is 5.79. The van der Waals surface area contributed by atoms with E-state index in [2.05, 4.69) is 13.8 Å². The Morgan fingerprint density at radius 1 is 0.452 bits per heavy atom. The molecule has 3 aromatic carbocycles. The summed E-state index contributed by atoms with van der Waals surface area (Å²) < 4.78 is 34.5. The minimum absolute atomic E-state index is 0.684. The molecule has 0 spiro atoms. The first kappa shape index (κ1) is 32.5. The number of hydrogen-bond donors (Lipinski definition) is 0. The Labute approximate surface area is 251 Å². The molecule has 0 radical (unpaired) electrons. The molecule has 0 amide bonds. The van der Waals surface area contributed by atoms with Gasteiger partial charge in [0.25, 0.3) is 0 Å². The summed E-state index contributed by atoms with van der Waals surface area (Å²) in [5, 5.41) is 0. The van der Waals surface area contributed by atoms with Crippen molar-refractivity contribution in [2.45, 2.75) is 52.4 Å². The maximum atomic E-state index is 5.92. The predicted octanol–water partition coefficient (Wildman–Crippen LogP) is 9.20. The maximum absolute atomic E-state index is 5.92. The standard InChI is InChI=1S/C36H46O6/c1-7-9-11-21-41-31-19-15-27(23-35(31)39-5)13-17-29-25-34(38-4)30(26-33(29)37-3)18-14-28-16-20-32(36(24-28)40-6)42-22-12-10-8-2/h13-20,23-26H,7-12,21-22H2,1-6H3/b17-13+,18-14+. The summed E-state index contributed by atoms with van der Waals surface area (Å²) in [4.78, 5) is 0. The summed E-state index contributed by atoms with van der Waals surface area (Å²) in [7, 11) is 6.67. The van der Waals surface area contributed by atoms with Crippen LogP contribution in [0.3, 0.4) is 0 Å². The number of rotatable bonds is 18. The van der Waals surface area contributed by atoms with E-state index in [0.29, 0.717) is 24.7 Å². The van der Waals surface area contributed by atoms with Gasteiger partial charge in [0.05, 0.1) is 41.7 Å². The van der Waals surface area contributed by atoms with Crippen molar-refractivity contribution < 1.29 is 28.4 Å². The Kier molecular flexibility index (Phi) is 13.7. The lowest BCUT2D eigenvalue weighted by Crippen LogP contribution is -1.99. The topological polar surface area (TPSA) is 55.4 Å². The van der Waals surface area contributed by atoms with Gasteiger partial charge in [-0.2, -0.15) is 0 Å². The highest BCUT2D eigenvalue weighted by Gasteiger charge is 2.10. The highest BCUT2D eigenvalue weighted by Crippen LogP contribution is 2.34.